The van der Waals surface area contributed by atoms with Gasteiger partial charge in [0.1, 0.15) is 5.54 Å². The van der Waals surface area contributed by atoms with Gasteiger partial charge in [-0.15, -0.1) is 0 Å². The number of hydrogen-bond donors (Lipinski definition) is 2. The predicted molar refractivity (Wildman–Crippen MR) is 137 cm³/mol. The highest BCUT2D eigenvalue weighted by atomic mass is 16.5. The topological polar surface area (TPSA) is 84.9 Å². The molecule has 6 nitrogen and oxygen atoms in total. The minimum atomic E-state index is -1.37. The van der Waals surface area contributed by atoms with Crippen LogP contribution in [0, 0.1) is 12.8 Å². The summed E-state index contributed by atoms with van der Waals surface area (Å²) in [5, 5.41) is 12.9. The van der Waals surface area contributed by atoms with Crippen LogP contribution in [0.2, 0.25) is 0 Å². The standard InChI is InChI=1S/C30H31NO5/c1-20-5-4-6-21(15-20)13-14-35-27-16-23(11-12-26(27)36-19-22-9-10-22)28(32)31-30(29(33)34)17-24-7-2-3-8-25(24)18-30/h2-8,11-12,15-16,22H,9-10,13-14,17-19H2,1H3,(H,31,32)(H,33,34). The molecule has 1 amide bonds. The minimum absolute atomic E-state index is 0.257. The summed E-state index contributed by atoms with van der Waals surface area (Å²) >= 11 is 0. The summed E-state index contributed by atoms with van der Waals surface area (Å²) in [6.07, 6.45) is 3.58. The molecule has 0 radical (unpaired) electrons. The molecule has 1 saturated carbocycles. The Hall–Kier alpha value is -3.80. The van der Waals surface area contributed by atoms with Crippen molar-refractivity contribution in [2.24, 2.45) is 5.92 Å². The lowest BCUT2D eigenvalue weighted by molar-refractivity contribution is -0.144. The van der Waals surface area contributed by atoms with Crippen LogP contribution in [0.25, 0.3) is 0 Å². The molecule has 5 rings (SSSR count). The van der Waals surface area contributed by atoms with E-state index in [1.807, 2.05) is 30.3 Å². The van der Waals surface area contributed by atoms with Crippen LogP contribution >= 0.6 is 0 Å². The molecule has 1 fully saturated rings. The lowest BCUT2D eigenvalue weighted by Gasteiger charge is -2.25. The number of carbonyl (C=O) groups is 2. The second-order valence-electron chi connectivity index (χ2n) is 9.97. The summed E-state index contributed by atoms with van der Waals surface area (Å²) in [6, 6.07) is 21.0. The Morgan fingerprint density at radius 1 is 0.944 bits per heavy atom. The molecule has 3 aromatic carbocycles. The summed E-state index contributed by atoms with van der Waals surface area (Å²) in [7, 11) is 0. The average molecular weight is 486 g/mol. The van der Waals surface area contributed by atoms with Crippen molar-refractivity contribution >= 4 is 11.9 Å². The lowest BCUT2D eigenvalue weighted by Crippen LogP contribution is -2.55. The second kappa shape index (κ2) is 10.1. The fraction of sp³-hybridized carbons (Fsp3) is 0.333. The van der Waals surface area contributed by atoms with Gasteiger partial charge in [-0.1, -0.05) is 54.1 Å². The number of carbonyl (C=O) groups excluding carboxylic acids is 1. The van der Waals surface area contributed by atoms with Gasteiger partial charge in [0.05, 0.1) is 13.2 Å². The van der Waals surface area contributed by atoms with E-state index in [1.54, 1.807) is 18.2 Å². The van der Waals surface area contributed by atoms with Crippen LogP contribution in [0.4, 0.5) is 0 Å². The Morgan fingerprint density at radius 2 is 1.69 bits per heavy atom. The minimum Gasteiger partial charge on any atom is -0.489 e. The third kappa shape index (κ3) is 5.38. The number of aryl methyl sites for hydroxylation is 1. The summed E-state index contributed by atoms with van der Waals surface area (Å²) in [5.74, 6) is 0.194. The van der Waals surface area contributed by atoms with Crippen LogP contribution in [0.3, 0.4) is 0 Å². The van der Waals surface area contributed by atoms with Crippen LogP contribution in [0.15, 0.2) is 66.7 Å². The fourth-order valence-electron chi connectivity index (χ4n) is 4.72. The Morgan fingerprint density at radius 3 is 2.36 bits per heavy atom. The maximum Gasteiger partial charge on any atom is 0.330 e. The lowest BCUT2D eigenvalue weighted by atomic mass is 9.95. The SMILES string of the molecule is Cc1cccc(CCOc2cc(C(=O)NC3(C(=O)O)Cc4ccccc4C3)ccc2OCC2CC2)c1. The molecule has 0 bridgehead atoms. The van der Waals surface area contributed by atoms with Crippen LogP contribution in [-0.2, 0) is 24.1 Å². The van der Waals surface area contributed by atoms with Gasteiger partial charge in [0, 0.05) is 24.8 Å². The maximum absolute atomic E-state index is 13.3. The number of fused-ring (bicyclic) bond motifs is 1. The number of nitrogens with one attached hydrogen (secondary N) is 1. The van der Waals surface area contributed by atoms with Crippen LogP contribution in [0.1, 0.15) is 45.5 Å². The quantitative estimate of drug-likeness (QED) is 0.433. The van der Waals surface area contributed by atoms with Gasteiger partial charge >= 0.3 is 5.97 Å². The van der Waals surface area contributed by atoms with Gasteiger partial charge in [0.25, 0.3) is 5.91 Å². The molecule has 2 aliphatic carbocycles. The molecule has 0 spiro atoms. The van der Waals surface area contributed by atoms with Gasteiger partial charge in [-0.05, 0) is 60.6 Å². The Labute approximate surface area is 211 Å². The number of carboxylic acid groups (broad SMARTS) is 1. The van der Waals surface area contributed by atoms with E-state index in [9.17, 15) is 14.7 Å². The van der Waals surface area contributed by atoms with E-state index >= 15 is 0 Å². The van der Waals surface area contributed by atoms with Crippen molar-refractivity contribution in [3.05, 3.63) is 94.5 Å². The highest BCUT2D eigenvalue weighted by molar-refractivity contribution is 5.99. The Bertz CT molecular complexity index is 1250. The van der Waals surface area contributed by atoms with E-state index in [1.165, 1.54) is 24.0 Å². The molecule has 0 unspecified atom stereocenters. The van der Waals surface area contributed by atoms with Crippen LogP contribution in [-0.4, -0.2) is 35.7 Å². The molecular formula is C30H31NO5. The van der Waals surface area contributed by atoms with Gasteiger partial charge in [0.2, 0.25) is 0 Å². The number of benzene rings is 3. The van der Waals surface area contributed by atoms with Crippen molar-refractivity contribution in [1.82, 2.24) is 5.32 Å². The zero-order valence-corrected chi connectivity index (χ0v) is 20.5. The summed E-state index contributed by atoms with van der Waals surface area (Å²) in [6.45, 7) is 3.12. The molecule has 2 N–H and O–H groups in total. The van der Waals surface area contributed by atoms with E-state index < -0.39 is 17.4 Å². The Balaban J connectivity index is 1.32. The zero-order valence-electron chi connectivity index (χ0n) is 20.5. The van der Waals surface area contributed by atoms with Crippen molar-refractivity contribution in [3.8, 4) is 11.5 Å². The van der Waals surface area contributed by atoms with Crippen molar-refractivity contribution in [1.29, 1.82) is 0 Å². The molecule has 186 valence electrons. The highest BCUT2D eigenvalue weighted by Gasteiger charge is 2.45. The Kier molecular flexibility index (Phi) is 6.68. The summed E-state index contributed by atoms with van der Waals surface area (Å²) < 4.78 is 12.1. The van der Waals surface area contributed by atoms with Gasteiger partial charge in [0.15, 0.2) is 11.5 Å². The predicted octanol–water partition coefficient (Wildman–Crippen LogP) is 4.76. The van der Waals surface area contributed by atoms with E-state index in [2.05, 4.69) is 30.4 Å². The number of hydrogen-bond acceptors (Lipinski definition) is 4. The van der Waals surface area contributed by atoms with Crippen molar-refractivity contribution in [2.45, 2.75) is 44.6 Å². The smallest absolute Gasteiger partial charge is 0.330 e. The normalized spacial score (nSPS) is 15.7. The zero-order chi connectivity index (χ0) is 25.1. The first-order chi connectivity index (χ1) is 17.4. The molecule has 0 aromatic heterocycles. The molecule has 3 aromatic rings. The largest absolute Gasteiger partial charge is 0.489 e. The van der Waals surface area contributed by atoms with Gasteiger partial charge in [-0.25, -0.2) is 4.79 Å². The van der Waals surface area contributed by atoms with E-state index in [4.69, 9.17) is 9.47 Å². The first-order valence-corrected chi connectivity index (χ1v) is 12.5. The van der Waals surface area contributed by atoms with Crippen LogP contribution in [0.5, 0.6) is 11.5 Å². The number of carboxylic acids is 1. The monoisotopic (exact) mass is 485 g/mol. The van der Waals surface area contributed by atoms with Crippen molar-refractivity contribution in [3.63, 3.8) is 0 Å². The number of rotatable bonds is 10. The van der Waals surface area contributed by atoms with Crippen molar-refractivity contribution < 1.29 is 24.2 Å². The van der Waals surface area contributed by atoms with E-state index in [0.29, 0.717) is 36.2 Å². The molecule has 36 heavy (non-hydrogen) atoms. The number of aliphatic carboxylic acids is 1. The first kappa shape index (κ1) is 23.9. The molecule has 0 heterocycles. The molecule has 0 atom stereocenters. The fourth-order valence-corrected chi connectivity index (χ4v) is 4.72. The number of ether oxygens (including phenoxy) is 2. The second-order valence-corrected chi connectivity index (χ2v) is 9.97. The molecule has 0 saturated heterocycles. The van der Waals surface area contributed by atoms with Crippen LogP contribution < -0.4 is 14.8 Å². The van der Waals surface area contributed by atoms with Crippen molar-refractivity contribution in [2.75, 3.05) is 13.2 Å². The molecule has 0 aliphatic heterocycles. The molecule has 2 aliphatic rings. The molecular weight excluding hydrogens is 454 g/mol. The number of amides is 1. The highest BCUT2D eigenvalue weighted by Crippen LogP contribution is 2.34. The summed E-state index contributed by atoms with van der Waals surface area (Å²) in [4.78, 5) is 25.5. The average Bonchev–Trinajstić information content (AvgIpc) is 3.61. The van der Waals surface area contributed by atoms with Gasteiger partial charge < -0.3 is 19.9 Å². The maximum atomic E-state index is 13.3. The summed E-state index contributed by atoms with van der Waals surface area (Å²) in [5.41, 5.74) is 3.24. The van der Waals surface area contributed by atoms with E-state index in [-0.39, 0.29) is 12.8 Å². The van der Waals surface area contributed by atoms with Gasteiger partial charge in [-0.3, -0.25) is 4.79 Å². The third-order valence-electron chi connectivity index (χ3n) is 6.97. The third-order valence-corrected chi connectivity index (χ3v) is 6.97. The first-order valence-electron chi connectivity index (χ1n) is 12.5. The van der Waals surface area contributed by atoms with E-state index in [0.717, 1.165) is 17.5 Å². The van der Waals surface area contributed by atoms with Gasteiger partial charge in [-0.2, -0.15) is 0 Å². The molecule has 6 heteroatoms.